The van der Waals surface area contributed by atoms with Crippen molar-refractivity contribution >= 4 is 17.8 Å². The fraction of sp³-hybridized carbons (Fsp3) is 0.727. The molecule has 0 saturated heterocycles. The van der Waals surface area contributed by atoms with Crippen molar-refractivity contribution in [2.45, 2.75) is 51.1 Å². The van der Waals surface area contributed by atoms with E-state index in [0.717, 1.165) is 0 Å². The zero-order chi connectivity index (χ0) is 14.1. The Morgan fingerprint density at radius 2 is 1.78 bits per heavy atom. The summed E-state index contributed by atoms with van der Waals surface area (Å²) in [4.78, 5) is 32.0. The third-order valence-electron chi connectivity index (χ3n) is 2.44. The molecule has 1 amide bonds. The first-order chi connectivity index (χ1) is 8.32. The standard InChI is InChI=1S/C11H20N2O5/c1-7(3-2-4-8(12)11(17)18)13-9(14)5-6-10(15)16/h7-8H,2-6,12H2,1H3,(H,13,14)(H,15,16)(H,17,18)/t7-,8+/m1/s1. The number of hydrogen-bond acceptors (Lipinski definition) is 4. The third-order valence-corrected chi connectivity index (χ3v) is 2.44. The number of carbonyl (C=O) groups excluding carboxylic acids is 1. The Kier molecular flexibility index (Phi) is 7.69. The van der Waals surface area contributed by atoms with Gasteiger partial charge in [-0.25, -0.2) is 0 Å². The second-order valence-electron chi connectivity index (χ2n) is 4.24. The minimum Gasteiger partial charge on any atom is -0.481 e. The summed E-state index contributed by atoms with van der Waals surface area (Å²) in [6.45, 7) is 1.78. The van der Waals surface area contributed by atoms with E-state index in [9.17, 15) is 14.4 Å². The molecular weight excluding hydrogens is 240 g/mol. The molecule has 0 heterocycles. The molecule has 0 aliphatic heterocycles. The van der Waals surface area contributed by atoms with Crippen LogP contribution >= 0.6 is 0 Å². The van der Waals surface area contributed by atoms with E-state index in [0.29, 0.717) is 19.3 Å². The van der Waals surface area contributed by atoms with Crippen LogP contribution in [-0.2, 0) is 14.4 Å². The number of nitrogens with one attached hydrogen (secondary N) is 1. The maximum Gasteiger partial charge on any atom is 0.320 e. The summed E-state index contributed by atoms with van der Waals surface area (Å²) in [5.41, 5.74) is 5.33. The molecule has 0 aromatic heterocycles. The van der Waals surface area contributed by atoms with Crippen molar-refractivity contribution in [2.24, 2.45) is 5.73 Å². The van der Waals surface area contributed by atoms with E-state index in [1.807, 2.05) is 0 Å². The van der Waals surface area contributed by atoms with Crippen molar-refractivity contribution in [2.75, 3.05) is 0 Å². The summed E-state index contributed by atoms with van der Waals surface area (Å²) in [6.07, 6.45) is 1.31. The van der Waals surface area contributed by atoms with E-state index in [2.05, 4.69) is 5.32 Å². The van der Waals surface area contributed by atoms with Gasteiger partial charge in [-0.05, 0) is 26.2 Å². The summed E-state index contributed by atoms with van der Waals surface area (Å²) < 4.78 is 0. The number of amides is 1. The minimum atomic E-state index is -1.03. The molecule has 7 nitrogen and oxygen atoms in total. The summed E-state index contributed by atoms with van der Waals surface area (Å²) in [5.74, 6) is -2.36. The third kappa shape index (κ3) is 8.51. The van der Waals surface area contributed by atoms with Gasteiger partial charge in [-0.2, -0.15) is 0 Å². The molecule has 0 aromatic rings. The molecule has 0 aromatic carbocycles. The lowest BCUT2D eigenvalue weighted by atomic mass is 10.1. The zero-order valence-electron chi connectivity index (χ0n) is 10.4. The van der Waals surface area contributed by atoms with E-state index >= 15 is 0 Å². The van der Waals surface area contributed by atoms with Gasteiger partial charge in [0.2, 0.25) is 5.91 Å². The summed E-state index contributed by atoms with van der Waals surface area (Å²) in [7, 11) is 0. The van der Waals surface area contributed by atoms with Crippen molar-refractivity contribution in [3.05, 3.63) is 0 Å². The lowest BCUT2D eigenvalue weighted by molar-refractivity contribution is -0.139. The molecule has 18 heavy (non-hydrogen) atoms. The highest BCUT2D eigenvalue weighted by Crippen LogP contribution is 2.03. The highest BCUT2D eigenvalue weighted by molar-refractivity contribution is 5.80. The van der Waals surface area contributed by atoms with Gasteiger partial charge in [0, 0.05) is 12.5 Å². The van der Waals surface area contributed by atoms with Crippen LogP contribution in [0.1, 0.15) is 39.0 Å². The number of carboxylic acids is 2. The Labute approximate surface area is 105 Å². The highest BCUT2D eigenvalue weighted by atomic mass is 16.4. The van der Waals surface area contributed by atoms with Crippen LogP contribution in [0.3, 0.4) is 0 Å². The lowest BCUT2D eigenvalue weighted by Crippen LogP contribution is -2.34. The molecule has 2 atom stereocenters. The fourth-order valence-corrected chi connectivity index (χ4v) is 1.41. The van der Waals surface area contributed by atoms with Crippen molar-refractivity contribution in [3.63, 3.8) is 0 Å². The number of carbonyl (C=O) groups is 3. The fourth-order valence-electron chi connectivity index (χ4n) is 1.41. The monoisotopic (exact) mass is 260 g/mol. The predicted molar refractivity (Wildman–Crippen MR) is 63.9 cm³/mol. The maximum absolute atomic E-state index is 11.3. The molecule has 0 aliphatic rings. The first kappa shape index (κ1) is 16.4. The SMILES string of the molecule is C[C@H](CCC[C@H](N)C(=O)O)NC(=O)CCC(=O)O. The smallest absolute Gasteiger partial charge is 0.320 e. The molecule has 0 bridgehead atoms. The van der Waals surface area contributed by atoms with Gasteiger partial charge < -0.3 is 21.3 Å². The Bertz CT molecular complexity index is 306. The number of rotatable bonds is 9. The number of carboxylic acid groups (broad SMARTS) is 2. The van der Waals surface area contributed by atoms with Gasteiger partial charge in [-0.1, -0.05) is 0 Å². The largest absolute Gasteiger partial charge is 0.481 e. The topological polar surface area (TPSA) is 130 Å². The molecular formula is C11H20N2O5. The molecule has 0 saturated carbocycles. The van der Waals surface area contributed by atoms with E-state index in [1.54, 1.807) is 6.92 Å². The molecule has 0 radical (unpaired) electrons. The molecule has 5 N–H and O–H groups in total. The van der Waals surface area contributed by atoms with E-state index < -0.39 is 18.0 Å². The summed E-state index contributed by atoms with van der Waals surface area (Å²) >= 11 is 0. The van der Waals surface area contributed by atoms with Gasteiger partial charge in [-0.3, -0.25) is 14.4 Å². The van der Waals surface area contributed by atoms with Gasteiger partial charge in [0.05, 0.1) is 6.42 Å². The van der Waals surface area contributed by atoms with Crippen LogP contribution in [0, 0.1) is 0 Å². The normalized spacial score (nSPS) is 13.7. The van der Waals surface area contributed by atoms with Crippen LogP contribution in [0.5, 0.6) is 0 Å². The number of nitrogens with two attached hydrogens (primary N) is 1. The predicted octanol–water partition coefficient (Wildman–Crippen LogP) is -0.0619. The molecule has 0 aliphatic carbocycles. The van der Waals surface area contributed by atoms with Crippen LogP contribution in [-0.4, -0.2) is 40.1 Å². The summed E-state index contributed by atoms with van der Waals surface area (Å²) in [5, 5.41) is 19.6. The number of aliphatic carboxylic acids is 2. The quantitative estimate of drug-likeness (QED) is 0.459. The van der Waals surface area contributed by atoms with Crippen molar-refractivity contribution in [1.82, 2.24) is 5.32 Å². The minimum absolute atomic E-state index is 0.0473. The average molecular weight is 260 g/mol. The van der Waals surface area contributed by atoms with Gasteiger partial charge in [0.25, 0.3) is 0 Å². The first-order valence-corrected chi connectivity index (χ1v) is 5.82. The Balaban J connectivity index is 3.70. The molecule has 7 heteroatoms. The van der Waals surface area contributed by atoms with Gasteiger partial charge in [-0.15, -0.1) is 0 Å². The van der Waals surface area contributed by atoms with E-state index in [-0.39, 0.29) is 24.8 Å². The van der Waals surface area contributed by atoms with Crippen LogP contribution < -0.4 is 11.1 Å². The van der Waals surface area contributed by atoms with E-state index in [1.165, 1.54) is 0 Å². The first-order valence-electron chi connectivity index (χ1n) is 5.82. The Morgan fingerprint density at radius 1 is 1.17 bits per heavy atom. The lowest BCUT2D eigenvalue weighted by Gasteiger charge is -2.14. The Hall–Kier alpha value is -1.63. The second-order valence-corrected chi connectivity index (χ2v) is 4.24. The molecule has 0 rings (SSSR count). The average Bonchev–Trinajstić information content (AvgIpc) is 2.25. The van der Waals surface area contributed by atoms with Crippen LogP contribution in [0.25, 0.3) is 0 Å². The molecule has 0 fully saturated rings. The highest BCUT2D eigenvalue weighted by Gasteiger charge is 2.13. The molecule has 104 valence electrons. The van der Waals surface area contributed by atoms with E-state index in [4.69, 9.17) is 15.9 Å². The Morgan fingerprint density at radius 3 is 2.28 bits per heavy atom. The zero-order valence-corrected chi connectivity index (χ0v) is 10.4. The van der Waals surface area contributed by atoms with Crippen molar-refractivity contribution in [1.29, 1.82) is 0 Å². The van der Waals surface area contributed by atoms with Crippen molar-refractivity contribution < 1.29 is 24.6 Å². The van der Waals surface area contributed by atoms with Gasteiger partial charge in [0.15, 0.2) is 0 Å². The maximum atomic E-state index is 11.3. The van der Waals surface area contributed by atoms with Gasteiger partial charge >= 0.3 is 11.9 Å². The van der Waals surface area contributed by atoms with Crippen LogP contribution in [0.15, 0.2) is 0 Å². The van der Waals surface area contributed by atoms with Crippen molar-refractivity contribution in [3.8, 4) is 0 Å². The van der Waals surface area contributed by atoms with Gasteiger partial charge in [0.1, 0.15) is 6.04 Å². The van der Waals surface area contributed by atoms with Crippen LogP contribution in [0.2, 0.25) is 0 Å². The van der Waals surface area contributed by atoms with Crippen LogP contribution in [0.4, 0.5) is 0 Å². The molecule has 0 unspecified atom stereocenters. The molecule has 0 spiro atoms. The number of hydrogen-bond donors (Lipinski definition) is 4. The second kappa shape index (κ2) is 8.46. The summed E-state index contributed by atoms with van der Waals surface area (Å²) in [6, 6.07) is -0.993.